The number of nitrogens with zero attached hydrogens (tertiary/aromatic N) is 11. The molecule has 3 saturated heterocycles. The topological polar surface area (TPSA) is 212 Å². The lowest BCUT2D eigenvalue weighted by atomic mass is 9.95. The van der Waals surface area contributed by atoms with E-state index in [0.717, 1.165) is 130 Å². The van der Waals surface area contributed by atoms with E-state index in [9.17, 15) is 29.7 Å². The number of aromatic nitrogens is 5. The van der Waals surface area contributed by atoms with Gasteiger partial charge in [-0.05, 0) is 85.2 Å². The molecule has 0 spiro atoms. The summed E-state index contributed by atoms with van der Waals surface area (Å²) in [5.74, 6) is 2.48. The van der Waals surface area contributed by atoms with E-state index in [4.69, 9.17) is 9.97 Å². The Kier molecular flexibility index (Phi) is 15.1. The number of piperidine rings is 1. The second-order valence-corrected chi connectivity index (χ2v) is 21.4. The zero-order valence-corrected chi connectivity index (χ0v) is 44.3. The Morgan fingerprint density at radius 2 is 1.45 bits per heavy atom. The molecule has 6 heterocycles. The quantitative estimate of drug-likeness (QED) is 0.0761. The van der Waals surface area contributed by atoms with Gasteiger partial charge in [-0.25, -0.2) is 4.98 Å². The summed E-state index contributed by atoms with van der Waals surface area (Å²) < 4.78 is 1.68. The fourth-order valence-electron chi connectivity index (χ4n) is 11.6. The molecule has 3 amide bonds. The molecular formula is C58H71N13O6. The van der Waals surface area contributed by atoms with Gasteiger partial charge in [-0.1, -0.05) is 50.2 Å². The van der Waals surface area contributed by atoms with E-state index in [1.807, 2.05) is 60.0 Å². The second-order valence-electron chi connectivity index (χ2n) is 21.4. The van der Waals surface area contributed by atoms with E-state index in [0.29, 0.717) is 93.0 Å². The molecule has 0 radical (unpaired) electrons. The first kappa shape index (κ1) is 51.6. The predicted molar refractivity (Wildman–Crippen MR) is 296 cm³/mol. The van der Waals surface area contributed by atoms with Gasteiger partial charge in [0.2, 0.25) is 23.6 Å². The molecule has 0 unspecified atom stereocenters. The average molecular weight is 1050 g/mol. The Hall–Kier alpha value is -7.51. The lowest BCUT2D eigenvalue weighted by molar-refractivity contribution is -0.132. The van der Waals surface area contributed by atoms with Crippen LogP contribution in [0.3, 0.4) is 0 Å². The third-order valence-corrected chi connectivity index (χ3v) is 16.2. The number of aryl methyl sites for hydroxylation is 1. The normalized spacial score (nSPS) is 17.7. The molecule has 4 aliphatic heterocycles. The first-order valence-corrected chi connectivity index (χ1v) is 27.7. The zero-order valence-electron chi connectivity index (χ0n) is 44.3. The van der Waals surface area contributed by atoms with Gasteiger partial charge in [-0.3, -0.25) is 23.9 Å². The van der Waals surface area contributed by atoms with E-state index in [2.05, 4.69) is 58.6 Å². The van der Waals surface area contributed by atoms with Crippen LogP contribution in [-0.2, 0) is 35.5 Å². The zero-order chi connectivity index (χ0) is 53.2. The summed E-state index contributed by atoms with van der Waals surface area (Å²) in [4.78, 5) is 63.3. The van der Waals surface area contributed by atoms with E-state index in [-0.39, 0.29) is 46.8 Å². The van der Waals surface area contributed by atoms with Crippen LogP contribution >= 0.6 is 0 Å². The monoisotopic (exact) mass is 1050 g/mol. The minimum absolute atomic E-state index is 0.00535. The largest absolute Gasteiger partial charge is 0.508 e. The molecule has 4 fully saturated rings. The summed E-state index contributed by atoms with van der Waals surface area (Å²) in [6.45, 7) is 15.4. The molecule has 5 aliphatic rings. The summed E-state index contributed by atoms with van der Waals surface area (Å²) in [7, 11) is 0. The van der Waals surface area contributed by atoms with Gasteiger partial charge in [-0.15, -0.1) is 10.2 Å². The molecule has 0 atom stereocenters. The molecule has 4 aromatic carbocycles. The molecule has 77 heavy (non-hydrogen) atoms. The summed E-state index contributed by atoms with van der Waals surface area (Å²) in [5.41, 5.74) is 5.90. The van der Waals surface area contributed by atoms with Crippen molar-refractivity contribution in [3.05, 3.63) is 101 Å². The average Bonchev–Trinajstić information content (AvgIpc) is 4.23. The van der Waals surface area contributed by atoms with Crippen molar-refractivity contribution in [2.24, 2.45) is 5.92 Å². The highest BCUT2D eigenvalue weighted by molar-refractivity contribution is 5.96. The van der Waals surface area contributed by atoms with Crippen molar-refractivity contribution in [2.75, 3.05) is 100 Å². The number of hydrogen-bond donors (Lipinski definition) is 5. The standard InChI is InChI=1S/C58H71N13O6/c1-3-40-32-47(51(74)34-50(40)73)55-63-64-56(57(77)60-42-11-12-42)71(55)43-13-9-38(10-14-43)35-65-23-25-66(26-24-65)36-39-16-20-67(21-17-39)53(76)15-19-59-58-61-48-37-70(49-33-44(72)31-41-7-5-6-8-45(41)49)22-18-46(48)54(62-58)69-29-27-68(28-30-69)52(75)4-2/h5-10,13-14,31-34,39,42,72-74H,3-4,11-12,15-30,35-37H2,1-2H3,(H,60,77)(H,59,61,62). The number of likely N-dealkylation sites (tertiary alicyclic amines) is 1. The van der Waals surface area contributed by atoms with Gasteiger partial charge in [-0.2, -0.15) is 4.98 Å². The molecule has 5 N–H and O–H groups in total. The van der Waals surface area contributed by atoms with E-state index >= 15 is 0 Å². The molecule has 404 valence electrons. The third-order valence-electron chi connectivity index (χ3n) is 16.2. The Labute approximate surface area is 449 Å². The van der Waals surface area contributed by atoms with Gasteiger partial charge in [0.1, 0.15) is 23.1 Å². The van der Waals surface area contributed by atoms with Crippen LogP contribution < -0.4 is 20.4 Å². The highest BCUT2D eigenvalue weighted by Crippen LogP contribution is 2.38. The number of aromatic hydroxyl groups is 3. The molecule has 0 bridgehead atoms. The number of amides is 3. The molecule has 6 aromatic rings. The molecule has 1 aliphatic carbocycles. The van der Waals surface area contributed by atoms with Gasteiger partial charge in [0.25, 0.3) is 5.91 Å². The Bertz CT molecular complexity index is 3120. The van der Waals surface area contributed by atoms with Gasteiger partial charge in [0.15, 0.2) is 5.82 Å². The maximum Gasteiger partial charge on any atom is 0.289 e. The smallest absolute Gasteiger partial charge is 0.289 e. The highest BCUT2D eigenvalue weighted by atomic mass is 16.3. The van der Waals surface area contributed by atoms with Crippen LogP contribution in [-0.4, -0.2) is 168 Å². The van der Waals surface area contributed by atoms with Crippen LogP contribution in [0, 0.1) is 5.92 Å². The number of nitrogens with one attached hydrogen (secondary N) is 2. The summed E-state index contributed by atoms with van der Waals surface area (Å²) in [6, 6.07) is 23.0. The fraction of sp³-hybridized carbons (Fsp3) is 0.466. The van der Waals surface area contributed by atoms with Gasteiger partial charge in [0.05, 0.1) is 17.8 Å². The number of phenols is 3. The highest BCUT2D eigenvalue weighted by Gasteiger charge is 2.32. The van der Waals surface area contributed by atoms with Crippen LogP contribution in [0.1, 0.15) is 85.4 Å². The number of fused-ring (bicyclic) bond motifs is 2. The minimum Gasteiger partial charge on any atom is -0.508 e. The molecular weight excluding hydrogens is 975 g/mol. The summed E-state index contributed by atoms with van der Waals surface area (Å²) >= 11 is 0. The first-order valence-electron chi connectivity index (χ1n) is 27.7. The summed E-state index contributed by atoms with van der Waals surface area (Å²) in [6.07, 6.45) is 5.95. The lowest BCUT2D eigenvalue weighted by Gasteiger charge is -2.39. The molecule has 1 saturated carbocycles. The lowest BCUT2D eigenvalue weighted by Crippen LogP contribution is -2.49. The number of carbonyl (C=O) groups is 3. The number of carbonyl (C=O) groups excluding carboxylic acids is 3. The number of phenolic OH excluding ortho intramolecular Hbond substituents is 3. The number of piperazine rings is 2. The van der Waals surface area contributed by atoms with Crippen molar-refractivity contribution in [2.45, 2.75) is 84.3 Å². The number of benzene rings is 4. The SMILES string of the molecule is CCC(=O)N1CCN(c2nc(NCCC(=O)N3CCC(CN4CCN(Cc5ccc(-n6c(C(=O)NC7CC7)nnc6-c6cc(CC)c(O)cc6O)cc5)CC4)CC3)nc3c2CCN(c2cc(O)cc4ccccc24)C3)CC1. The van der Waals surface area contributed by atoms with Crippen molar-refractivity contribution in [1.82, 2.24) is 49.6 Å². The van der Waals surface area contributed by atoms with Crippen molar-refractivity contribution in [3.8, 4) is 34.3 Å². The van der Waals surface area contributed by atoms with Crippen molar-refractivity contribution in [3.63, 3.8) is 0 Å². The van der Waals surface area contributed by atoms with Crippen LogP contribution in [0.15, 0.2) is 72.8 Å². The van der Waals surface area contributed by atoms with Crippen LogP contribution in [0.25, 0.3) is 27.8 Å². The summed E-state index contributed by atoms with van der Waals surface area (Å²) in [5, 5.41) is 49.1. The Balaban J connectivity index is 0.663. The molecule has 11 rings (SSSR count). The van der Waals surface area contributed by atoms with Gasteiger partial charge < -0.3 is 50.5 Å². The van der Waals surface area contributed by atoms with Crippen molar-refractivity contribution in [1.29, 1.82) is 0 Å². The predicted octanol–water partition coefficient (Wildman–Crippen LogP) is 5.93. The Morgan fingerprint density at radius 3 is 2.19 bits per heavy atom. The molecule has 2 aromatic heterocycles. The third kappa shape index (κ3) is 11.5. The molecule has 19 nitrogen and oxygen atoms in total. The van der Waals surface area contributed by atoms with Crippen LogP contribution in [0.5, 0.6) is 17.2 Å². The number of rotatable bonds is 16. The number of anilines is 3. The fourth-order valence-corrected chi connectivity index (χ4v) is 11.6. The van der Waals surface area contributed by atoms with Crippen LogP contribution in [0.2, 0.25) is 0 Å². The minimum atomic E-state index is -0.318. The number of hydrogen-bond acceptors (Lipinski definition) is 15. The van der Waals surface area contributed by atoms with E-state index in [1.165, 1.54) is 6.07 Å². The van der Waals surface area contributed by atoms with Crippen LogP contribution in [0.4, 0.5) is 17.5 Å². The van der Waals surface area contributed by atoms with Crippen molar-refractivity contribution >= 4 is 45.9 Å². The maximum atomic E-state index is 13.7. The van der Waals surface area contributed by atoms with Gasteiger partial charge in [0, 0.05) is 145 Å². The molecule has 19 heteroatoms. The maximum absolute atomic E-state index is 13.7. The van der Waals surface area contributed by atoms with E-state index in [1.54, 1.807) is 16.7 Å². The van der Waals surface area contributed by atoms with Crippen molar-refractivity contribution < 1.29 is 29.7 Å². The first-order chi connectivity index (χ1) is 37.5. The second kappa shape index (κ2) is 22.6. The van der Waals surface area contributed by atoms with E-state index < -0.39 is 0 Å². The van der Waals surface area contributed by atoms with Gasteiger partial charge >= 0.3 is 0 Å². The Morgan fingerprint density at radius 1 is 0.714 bits per heavy atom.